The van der Waals surface area contributed by atoms with Crippen LogP contribution in [0.3, 0.4) is 0 Å². The quantitative estimate of drug-likeness (QED) is 0.886. The molecule has 1 heterocycles. The van der Waals surface area contributed by atoms with Gasteiger partial charge in [-0.15, -0.1) is 0 Å². The van der Waals surface area contributed by atoms with Gasteiger partial charge in [0.05, 0.1) is 29.9 Å². The van der Waals surface area contributed by atoms with E-state index < -0.39 is 0 Å². The van der Waals surface area contributed by atoms with Gasteiger partial charge in [0, 0.05) is 14.1 Å². The number of rotatable bonds is 5. The minimum atomic E-state index is -0.276. The number of urea groups is 1. The molecule has 0 fully saturated rings. The maximum atomic E-state index is 12.0. The van der Waals surface area contributed by atoms with Crippen LogP contribution in [0, 0.1) is 11.3 Å². The van der Waals surface area contributed by atoms with Crippen LogP contribution >= 0.6 is 0 Å². The Balaban J connectivity index is 1.91. The molecule has 0 radical (unpaired) electrons. The molecule has 0 spiro atoms. The van der Waals surface area contributed by atoms with Crippen molar-refractivity contribution in [2.24, 2.45) is 0 Å². The van der Waals surface area contributed by atoms with Gasteiger partial charge in [0.25, 0.3) is 0 Å². The van der Waals surface area contributed by atoms with Crippen molar-refractivity contribution in [1.82, 2.24) is 15.6 Å². The van der Waals surface area contributed by atoms with E-state index in [1.54, 1.807) is 18.2 Å². The van der Waals surface area contributed by atoms with E-state index in [1.165, 1.54) is 0 Å². The summed E-state index contributed by atoms with van der Waals surface area (Å²) >= 11 is 0. The van der Waals surface area contributed by atoms with Crippen molar-refractivity contribution in [3.63, 3.8) is 0 Å². The number of nitrogens with one attached hydrogen (secondary N) is 2. The van der Waals surface area contributed by atoms with Gasteiger partial charge in [-0.05, 0) is 36.8 Å². The highest BCUT2D eigenvalue weighted by molar-refractivity contribution is 5.74. The van der Waals surface area contributed by atoms with E-state index in [-0.39, 0.29) is 12.1 Å². The molecular weight excluding hydrogens is 302 g/mol. The summed E-state index contributed by atoms with van der Waals surface area (Å²) in [5.41, 5.74) is 2.25. The van der Waals surface area contributed by atoms with Crippen LogP contribution < -0.4 is 15.5 Å². The van der Waals surface area contributed by atoms with Gasteiger partial charge in [-0.2, -0.15) is 5.26 Å². The topological polar surface area (TPSA) is 81.1 Å². The summed E-state index contributed by atoms with van der Waals surface area (Å²) in [5.74, 6) is 0.844. The molecule has 2 rings (SSSR count). The van der Waals surface area contributed by atoms with Gasteiger partial charge >= 0.3 is 6.03 Å². The first-order valence-corrected chi connectivity index (χ1v) is 7.67. The lowest BCUT2D eigenvalue weighted by atomic mass is 10.1. The fourth-order valence-corrected chi connectivity index (χ4v) is 2.19. The van der Waals surface area contributed by atoms with Crippen LogP contribution in [0.25, 0.3) is 0 Å². The molecule has 0 aliphatic carbocycles. The Bertz CT molecular complexity index is 751. The lowest BCUT2D eigenvalue weighted by Gasteiger charge is -2.16. The summed E-state index contributed by atoms with van der Waals surface area (Å²) in [7, 11) is 3.84. The second-order valence-electron chi connectivity index (χ2n) is 5.67. The normalized spacial score (nSPS) is 11.2. The number of carbonyl (C=O) groups excluding carboxylic acids is 1. The lowest BCUT2D eigenvalue weighted by molar-refractivity contribution is 0.237. The average molecular weight is 323 g/mol. The minimum Gasteiger partial charge on any atom is -0.363 e. The fourth-order valence-electron chi connectivity index (χ4n) is 2.19. The van der Waals surface area contributed by atoms with Crippen molar-refractivity contribution in [2.75, 3.05) is 19.0 Å². The summed E-state index contributed by atoms with van der Waals surface area (Å²) in [6.07, 6.45) is 0. The maximum Gasteiger partial charge on any atom is 0.315 e. The van der Waals surface area contributed by atoms with Crippen molar-refractivity contribution < 1.29 is 4.79 Å². The number of amides is 2. The highest BCUT2D eigenvalue weighted by atomic mass is 16.2. The van der Waals surface area contributed by atoms with Crippen LogP contribution in [-0.4, -0.2) is 25.1 Å². The van der Waals surface area contributed by atoms with Crippen LogP contribution in [0.5, 0.6) is 0 Å². The first-order valence-electron chi connectivity index (χ1n) is 7.67. The molecular formula is C18H21N5O. The largest absolute Gasteiger partial charge is 0.363 e. The van der Waals surface area contributed by atoms with Crippen molar-refractivity contribution in [2.45, 2.75) is 19.5 Å². The fraction of sp³-hybridized carbons (Fsp3) is 0.278. The van der Waals surface area contributed by atoms with Gasteiger partial charge in [-0.1, -0.05) is 18.2 Å². The smallest absolute Gasteiger partial charge is 0.315 e. The molecule has 0 saturated heterocycles. The first-order chi connectivity index (χ1) is 11.5. The van der Waals surface area contributed by atoms with Gasteiger partial charge in [0.1, 0.15) is 5.82 Å². The van der Waals surface area contributed by atoms with E-state index in [0.717, 1.165) is 17.1 Å². The summed E-state index contributed by atoms with van der Waals surface area (Å²) in [6, 6.07) is 14.5. The molecule has 0 aliphatic rings. The Hall–Kier alpha value is -3.07. The minimum absolute atomic E-state index is 0.195. The maximum absolute atomic E-state index is 12.0. The average Bonchev–Trinajstić information content (AvgIpc) is 2.60. The van der Waals surface area contributed by atoms with E-state index >= 15 is 0 Å². The molecule has 1 atom stereocenters. The van der Waals surface area contributed by atoms with E-state index in [1.807, 2.05) is 50.2 Å². The van der Waals surface area contributed by atoms with Gasteiger partial charge in [-0.25, -0.2) is 9.78 Å². The third-order valence-electron chi connectivity index (χ3n) is 3.54. The van der Waals surface area contributed by atoms with Crippen LogP contribution in [0.2, 0.25) is 0 Å². The SMILES string of the molecule is C[C@H](NC(=O)NCc1cccc(N(C)C)n1)c1cccc(C#N)c1. The van der Waals surface area contributed by atoms with Gasteiger partial charge in [-0.3, -0.25) is 0 Å². The number of hydrogen-bond acceptors (Lipinski definition) is 4. The summed E-state index contributed by atoms with van der Waals surface area (Å²) in [5, 5.41) is 14.6. The van der Waals surface area contributed by atoms with Gasteiger partial charge in [0.15, 0.2) is 0 Å². The van der Waals surface area contributed by atoms with Gasteiger partial charge in [0.2, 0.25) is 0 Å². The zero-order valence-corrected chi connectivity index (χ0v) is 14.1. The molecule has 0 unspecified atom stereocenters. The Morgan fingerprint density at radius 2 is 2.04 bits per heavy atom. The molecule has 2 N–H and O–H groups in total. The Labute approximate surface area is 142 Å². The number of nitrogens with zero attached hydrogens (tertiary/aromatic N) is 3. The van der Waals surface area contributed by atoms with Crippen molar-refractivity contribution in [3.8, 4) is 6.07 Å². The molecule has 0 saturated carbocycles. The van der Waals surface area contributed by atoms with Crippen LogP contribution in [0.15, 0.2) is 42.5 Å². The third-order valence-corrected chi connectivity index (χ3v) is 3.54. The number of anilines is 1. The monoisotopic (exact) mass is 323 g/mol. The molecule has 2 aromatic rings. The molecule has 24 heavy (non-hydrogen) atoms. The van der Waals surface area contributed by atoms with Crippen molar-refractivity contribution in [1.29, 1.82) is 5.26 Å². The third kappa shape index (κ3) is 4.71. The first kappa shape index (κ1) is 17.3. The van der Waals surface area contributed by atoms with E-state index in [4.69, 9.17) is 5.26 Å². The lowest BCUT2D eigenvalue weighted by Crippen LogP contribution is -2.36. The Morgan fingerprint density at radius 3 is 2.75 bits per heavy atom. The molecule has 124 valence electrons. The molecule has 1 aromatic heterocycles. The molecule has 2 amide bonds. The predicted octanol–water partition coefficient (Wildman–Crippen LogP) is 2.58. The van der Waals surface area contributed by atoms with Crippen molar-refractivity contribution in [3.05, 3.63) is 59.3 Å². The zero-order valence-electron chi connectivity index (χ0n) is 14.1. The second kappa shape index (κ2) is 7.97. The standard InChI is InChI=1S/C18H21N5O/c1-13(15-7-4-6-14(10-15)11-19)21-18(24)20-12-16-8-5-9-17(22-16)23(2)3/h4-10,13H,12H2,1-3H3,(H2,20,21,24)/t13-/m0/s1. The number of hydrogen-bond donors (Lipinski definition) is 2. The Kier molecular flexibility index (Phi) is 5.74. The highest BCUT2D eigenvalue weighted by Gasteiger charge is 2.10. The summed E-state index contributed by atoms with van der Waals surface area (Å²) < 4.78 is 0. The number of pyridine rings is 1. The number of carbonyl (C=O) groups is 1. The van der Waals surface area contributed by atoms with E-state index in [9.17, 15) is 4.79 Å². The number of aromatic nitrogens is 1. The molecule has 1 aromatic carbocycles. The van der Waals surface area contributed by atoms with Crippen LogP contribution in [0.4, 0.5) is 10.6 Å². The molecule has 0 aliphatic heterocycles. The highest BCUT2D eigenvalue weighted by Crippen LogP contribution is 2.13. The van der Waals surface area contributed by atoms with Crippen molar-refractivity contribution >= 4 is 11.8 Å². The predicted molar refractivity (Wildman–Crippen MR) is 93.5 cm³/mol. The molecule has 0 bridgehead atoms. The van der Waals surface area contributed by atoms with Crippen LogP contribution in [-0.2, 0) is 6.54 Å². The zero-order chi connectivity index (χ0) is 17.5. The number of benzene rings is 1. The summed E-state index contributed by atoms with van der Waals surface area (Å²) in [4.78, 5) is 18.4. The van der Waals surface area contributed by atoms with E-state index in [2.05, 4.69) is 21.7 Å². The number of nitriles is 1. The van der Waals surface area contributed by atoms with Crippen LogP contribution in [0.1, 0.15) is 29.8 Å². The van der Waals surface area contributed by atoms with Gasteiger partial charge < -0.3 is 15.5 Å². The molecule has 6 nitrogen and oxygen atoms in total. The molecule has 6 heteroatoms. The second-order valence-corrected chi connectivity index (χ2v) is 5.67. The van der Waals surface area contributed by atoms with E-state index in [0.29, 0.717) is 12.1 Å². The Morgan fingerprint density at radius 1 is 1.29 bits per heavy atom. The summed E-state index contributed by atoms with van der Waals surface area (Å²) in [6.45, 7) is 2.22.